The number of carbonyl (C=O) groups is 1. The summed E-state index contributed by atoms with van der Waals surface area (Å²) in [5.41, 5.74) is 0.907. The van der Waals surface area contributed by atoms with Crippen LogP contribution in [0, 0.1) is 11.8 Å². The van der Waals surface area contributed by atoms with Crippen LogP contribution >= 0.6 is 11.6 Å². The molecule has 0 saturated heterocycles. The van der Waals surface area contributed by atoms with Crippen LogP contribution < -0.4 is 14.8 Å². The first-order chi connectivity index (χ1) is 11.7. The molecule has 2 aromatic rings. The van der Waals surface area contributed by atoms with Crippen molar-refractivity contribution in [3.05, 3.63) is 59.1 Å². The first-order valence-electron chi connectivity index (χ1n) is 7.41. The average Bonchev–Trinajstić information content (AvgIpc) is 2.60. The molecule has 0 aliphatic carbocycles. The van der Waals surface area contributed by atoms with Crippen LogP contribution in [0.3, 0.4) is 0 Å². The number of methoxy groups -OCH3 is 1. The van der Waals surface area contributed by atoms with Crippen LogP contribution in [0.15, 0.2) is 48.5 Å². The number of hydrogen-bond acceptors (Lipinski definition) is 3. The zero-order valence-corrected chi connectivity index (χ0v) is 14.1. The Labute approximate surface area is 146 Å². The lowest BCUT2D eigenvalue weighted by molar-refractivity contribution is -0.120. The van der Waals surface area contributed by atoms with Crippen LogP contribution in [0.2, 0.25) is 5.02 Å². The summed E-state index contributed by atoms with van der Waals surface area (Å²) >= 11 is 5.81. The normalized spacial score (nSPS) is 9.58. The molecule has 0 unspecified atom stereocenters. The number of rotatable bonds is 6. The van der Waals surface area contributed by atoms with E-state index >= 15 is 0 Å². The Morgan fingerprint density at radius 2 is 1.79 bits per heavy atom. The van der Waals surface area contributed by atoms with Crippen molar-refractivity contribution in [1.82, 2.24) is 5.32 Å². The minimum Gasteiger partial charge on any atom is -0.493 e. The van der Waals surface area contributed by atoms with Crippen LogP contribution in [0.4, 0.5) is 0 Å². The maximum Gasteiger partial charge on any atom is 0.225 e. The van der Waals surface area contributed by atoms with Crippen molar-refractivity contribution in [3.8, 4) is 23.3 Å². The van der Waals surface area contributed by atoms with Crippen molar-refractivity contribution >= 4 is 17.5 Å². The summed E-state index contributed by atoms with van der Waals surface area (Å²) in [6.07, 6.45) is 0.302. The number of carbonyl (C=O) groups excluding carboxylic acids is 1. The largest absolute Gasteiger partial charge is 0.493 e. The quantitative estimate of drug-likeness (QED) is 0.820. The lowest BCUT2D eigenvalue weighted by Gasteiger charge is -2.07. The Bertz CT molecular complexity index is 732. The molecule has 0 aliphatic heterocycles. The number of ether oxygens (including phenoxy) is 2. The second-order valence-corrected chi connectivity index (χ2v) is 5.31. The third-order valence-corrected chi connectivity index (χ3v) is 3.40. The number of benzene rings is 2. The lowest BCUT2D eigenvalue weighted by Crippen LogP contribution is -2.25. The van der Waals surface area contributed by atoms with Gasteiger partial charge in [-0.25, -0.2) is 0 Å². The molecule has 0 atom stereocenters. The van der Waals surface area contributed by atoms with Gasteiger partial charge in [-0.15, -0.1) is 0 Å². The molecule has 1 N–H and O–H groups in total. The van der Waals surface area contributed by atoms with Gasteiger partial charge in [0.25, 0.3) is 0 Å². The second-order valence-electron chi connectivity index (χ2n) is 4.87. The number of nitrogens with one attached hydrogen (secondary N) is 1. The highest BCUT2D eigenvalue weighted by Crippen LogP contribution is 2.25. The Hall–Kier alpha value is -2.64. The Kier molecular flexibility index (Phi) is 7.00. The predicted octanol–water partition coefficient (Wildman–Crippen LogP) is 3.09. The summed E-state index contributed by atoms with van der Waals surface area (Å²) in [5, 5.41) is 3.39. The smallest absolute Gasteiger partial charge is 0.225 e. The molecule has 0 aliphatic rings. The van der Waals surface area contributed by atoms with E-state index in [1.54, 1.807) is 19.2 Å². The van der Waals surface area contributed by atoms with Gasteiger partial charge in [0.05, 0.1) is 20.1 Å². The maximum atomic E-state index is 11.8. The van der Waals surface area contributed by atoms with Crippen molar-refractivity contribution in [2.45, 2.75) is 6.42 Å². The molecule has 1 amide bonds. The molecular formula is C19H18ClNO3. The van der Waals surface area contributed by atoms with Crippen LogP contribution in [-0.4, -0.2) is 26.2 Å². The molecule has 2 rings (SSSR count). The van der Waals surface area contributed by atoms with Gasteiger partial charge >= 0.3 is 0 Å². The molecule has 0 spiro atoms. The van der Waals surface area contributed by atoms with E-state index in [4.69, 9.17) is 21.1 Å². The van der Waals surface area contributed by atoms with E-state index in [9.17, 15) is 4.79 Å². The fraction of sp³-hybridized carbons (Fsp3) is 0.211. The van der Waals surface area contributed by atoms with E-state index < -0.39 is 0 Å². The van der Waals surface area contributed by atoms with Crippen LogP contribution in [0.5, 0.6) is 11.5 Å². The van der Waals surface area contributed by atoms with E-state index in [0.717, 1.165) is 5.56 Å². The monoisotopic (exact) mass is 343 g/mol. The second kappa shape index (κ2) is 9.49. The lowest BCUT2D eigenvalue weighted by atomic mass is 10.1. The molecule has 4 nitrogen and oxygen atoms in total. The average molecular weight is 344 g/mol. The molecule has 0 aromatic heterocycles. The number of amides is 1. The predicted molar refractivity (Wildman–Crippen MR) is 94.4 cm³/mol. The van der Waals surface area contributed by atoms with Crippen molar-refractivity contribution in [1.29, 1.82) is 0 Å². The fourth-order valence-corrected chi connectivity index (χ4v) is 2.08. The van der Waals surface area contributed by atoms with Gasteiger partial charge in [-0.2, -0.15) is 0 Å². The minimum absolute atomic E-state index is 0.0859. The third-order valence-electron chi connectivity index (χ3n) is 3.15. The van der Waals surface area contributed by atoms with Gasteiger partial charge in [-0.3, -0.25) is 4.79 Å². The summed E-state index contributed by atoms with van der Waals surface area (Å²) in [4.78, 5) is 11.8. The van der Waals surface area contributed by atoms with E-state index in [0.29, 0.717) is 22.9 Å². The minimum atomic E-state index is -0.0859. The summed E-state index contributed by atoms with van der Waals surface area (Å²) in [6.45, 7) is 0.509. The standard InChI is InChI=1S/C19H18ClNO3/c1-23-17-6-2-3-7-18(17)24-13-5-4-12-21-19(22)14-15-8-10-16(20)11-9-15/h2-3,6-11H,12-14H2,1H3,(H,21,22). The molecule has 0 fully saturated rings. The SMILES string of the molecule is COc1ccccc1OCC#CCNC(=O)Cc1ccc(Cl)cc1. The van der Waals surface area contributed by atoms with Crippen molar-refractivity contribution in [2.75, 3.05) is 20.3 Å². The van der Waals surface area contributed by atoms with Gasteiger partial charge in [0, 0.05) is 5.02 Å². The van der Waals surface area contributed by atoms with E-state index in [2.05, 4.69) is 17.2 Å². The zero-order valence-electron chi connectivity index (χ0n) is 13.3. The Balaban J connectivity index is 1.70. The molecular weight excluding hydrogens is 326 g/mol. The Morgan fingerprint density at radius 3 is 2.50 bits per heavy atom. The zero-order chi connectivity index (χ0) is 17.2. The Morgan fingerprint density at radius 1 is 1.08 bits per heavy atom. The highest BCUT2D eigenvalue weighted by atomic mass is 35.5. The van der Waals surface area contributed by atoms with Gasteiger partial charge in [0.2, 0.25) is 5.91 Å². The third kappa shape index (κ3) is 5.86. The van der Waals surface area contributed by atoms with Gasteiger partial charge < -0.3 is 14.8 Å². The number of halogens is 1. The molecule has 0 saturated carbocycles. The van der Waals surface area contributed by atoms with Crippen molar-refractivity contribution in [3.63, 3.8) is 0 Å². The van der Waals surface area contributed by atoms with Gasteiger partial charge in [0.1, 0.15) is 6.61 Å². The summed E-state index contributed by atoms with van der Waals surface area (Å²) < 4.78 is 10.7. The maximum absolute atomic E-state index is 11.8. The van der Waals surface area contributed by atoms with Crippen molar-refractivity contribution < 1.29 is 14.3 Å². The van der Waals surface area contributed by atoms with E-state index in [1.165, 1.54) is 0 Å². The van der Waals surface area contributed by atoms with Crippen LogP contribution in [0.25, 0.3) is 0 Å². The molecule has 24 heavy (non-hydrogen) atoms. The van der Waals surface area contributed by atoms with Gasteiger partial charge in [0.15, 0.2) is 11.5 Å². The molecule has 2 aromatic carbocycles. The molecule has 5 heteroatoms. The van der Waals surface area contributed by atoms with E-state index in [1.807, 2.05) is 36.4 Å². The first kappa shape index (κ1) is 17.7. The highest BCUT2D eigenvalue weighted by Gasteiger charge is 2.02. The topological polar surface area (TPSA) is 47.6 Å². The molecule has 0 bridgehead atoms. The molecule has 0 radical (unpaired) electrons. The van der Waals surface area contributed by atoms with Gasteiger partial charge in [-0.05, 0) is 29.8 Å². The van der Waals surface area contributed by atoms with Gasteiger partial charge in [-0.1, -0.05) is 47.7 Å². The highest BCUT2D eigenvalue weighted by molar-refractivity contribution is 6.30. The first-order valence-corrected chi connectivity index (χ1v) is 7.79. The van der Waals surface area contributed by atoms with E-state index in [-0.39, 0.29) is 19.1 Å². The number of para-hydroxylation sites is 2. The fourth-order valence-electron chi connectivity index (χ4n) is 1.96. The summed E-state index contributed by atoms with van der Waals surface area (Å²) in [7, 11) is 1.59. The van der Waals surface area contributed by atoms with Crippen LogP contribution in [0.1, 0.15) is 5.56 Å². The summed E-state index contributed by atoms with van der Waals surface area (Å²) in [5.74, 6) is 6.92. The molecule has 0 heterocycles. The summed E-state index contributed by atoms with van der Waals surface area (Å²) in [6, 6.07) is 14.5. The molecule has 124 valence electrons. The van der Waals surface area contributed by atoms with Crippen molar-refractivity contribution in [2.24, 2.45) is 0 Å². The van der Waals surface area contributed by atoms with Crippen LogP contribution in [-0.2, 0) is 11.2 Å². The number of hydrogen-bond donors (Lipinski definition) is 1.